The summed E-state index contributed by atoms with van der Waals surface area (Å²) in [5.41, 5.74) is 3.48. The van der Waals surface area contributed by atoms with Crippen LogP contribution in [0.3, 0.4) is 0 Å². The van der Waals surface area contributed by atoms with E-state index < -0.39 is 15.6 Å². The van der Waals surface area contributed by atoms with Crippen LogP contribution in [0.25, 0.3) is 33.0 Å². The molecule has 1 N–H and O–H groups in total. The molecule has 0 unspecified atom stereocenters. The lowest BCUT2D eigenvalue weighted by Crippen LogP contribution is -2.36. The summed E-state index contributed by atoms with van der Waals surface area (Å²) < 4.78 is 28.2. The van der Waals surface area contributed by atoms with Gasteiger partial charge in [0.2, 0.25) is 0 Å². The van der Waals surface area contributed by atoms with Gasteiger partial charge in [0.05, 0.1) is 16.2 Å². The molecule has 0 bridgehead atoms. The highest BCUT2D eigenvalue weighted by atomic mass is 32.2. The summed E-state index contributed by atoms with van der Waals surface area (Å²) in [4.78, 5) is 27.9. The maximum atomic E-state index is 13.5. The Hall–Kier alpha value is -3.93. The van der Waals surface area contributed by atoms with Crippen molar-refractivity contribution in [1.82, 2.24) is 23.8 Å². The quantitative estimate of drug-likeness (QED) is 0.344. The molecule has 6 rings (SSSR count). The predicted molar refractivity (Wildman–Crippen MR) is 149 cm³/mol. The van der Waals surface area contributed by atoms with Crippen LogP contribution < -0.4 is 0 Å². The number of likely N-dealkylation sites (tertiary alicyclic amines) is 1. The fourth-order valence-corrected chi connectivity index (χ4v) is 7.03. The van der Waals surface area contributed by atoms with Crippen LogP contribution in [0.4, 0.5) is 0 Å². The van der Waals surface area contributed by atoms with Crippen molar-refractivity contribution >= 4 is 38.4 Å². The second-order valence-electron chi connectivity index (χ2n) is 9.79. The van der Waals surface area contributed by atoms with Crippen LogP contribution >= 0.6 is 11.3 Å². The van der Waals surface area contributed by atoms with E-state index in [1.165, 1.54) is 34.8 Å². The number of carbonyl (C=O) groups excluding carboxylic acids is 1. The van der Waals surface area contributed by atoms with Gasteiger partial charge >= 0.3 is 0 Å². The molecule has 9 nitrogen and oxygen atoms in total. The molecule has 1 saturated heterocycles. The van der Waals surface area contributed by atoms with Crippen LogP contribution in [-0.2, 0) is 20.4 Å². The smallest absolute Gasteiger partial charge is 0.269 e. The summed E-state index contributed by atoms with van der Waals surface area (Å²) >= 11 is 1.36. The van der Waals surface area contributed by atoms with Gasteiger partial charge in [-0.25, -0.2) is 22.4 Å². The summed E-state index contributed by atoms with van der Waals surface area (Å²) in [5.74, 6) is -0.322. The average Bonchev–Trinajstić information content (AvgIpc) is 3.63. The van der Waals surface area contributed by atoms with Gasteiger partial charge < -0.3 is 10.0 Å². The molecule has 1 amide bonds. The molecular weight excluding hydrogens is 534 g/mol. The number of hydrogen-bond donors (Lipinski definition) is 1. The van der Waals surface area contributed by atoms with Crippen molar-refractivity contribution in [3.63, 3.8) is 0 Å². The number of carbonyl (C=O) groups is 1. The van der Waals surface area contributed by atoms with E-state index in [4.69, 9.17) is 4.98 Å². The standard InChI is InChI=1S/C28H25N5O4S2/c1-17-4-8-20(9-5-17)39(36,37)33-15-22(24-25(33)30-12-11-29-24)26-31-23(16-38-26)21-14-19(7-6-18(21)2)28(35)10-13-32(3)27(28)34/h4-9,11-12,14-16,35H,10,13H2,1-3H3/t28-/m1/s1. The van der Waals surface area contributed by atoms with Crippen LogP contribution in [0.2, 0.25) is 0 Å². The minimum Gasteiger partial charge on any atom is -0.375 e. The van der Waals surface area contributed by atoms with Crippen LogP contribution in [0.5, 0.6) is 0 Å². The molecule has 0 saturated carbocycles. The molecule has 39 heavy (non-hydrogen) atoms. The van der Waals surface area contributed by atoms with Gasteiger partial charge in [-0.15, -0.1) is 11.3 Å². The predicted octanol–water partition coefficient (Wildman–Crippen LogP) is 4.13. The molecule has 0 radical (unpaired) electrons. The molecule has 0 spiro atoms. The number of likely N-dealkylation sites (N-methyl/N-ethyl adjacent to an activating group) is 1. The zero-order valence-electron chi connectivity index (χ0n) is 21.5. The van der Waals surface area contributed by atoms with Crippen molar-refractivity contribution in [2.45, 2.75) is 30.8 Å². The van der Waals surface area contributed by atoms with Crippen molar-refractivity contribution in [3.05, 3.63) is 83.1 Å². The van der Waals surface area contributed by atoms with Crippen LogP contribution in [0.1, 0.15) is 23.1 Å². The highest BCUT2D eigenvalue weighted by Gasteiger charge is 2.45. The van der Waals surface area contributed by atoms with Gasteiger partial charge in [0, 0.05) is 49.5 Å². The first-order valence-electron chi connectivity index (χ1n) is 12.3. The minimum atomic E-state index is -3.93. The third-order valence-electron chi connectivity index (χ3n) is 7.20. The molecule has 0 aliphatic carbocycles. The van der Waals surface area contributed by atoms with E-state index in [1.54, 1.807) is 37.4 Å². The number of thiazole rings is 1. The number of rotatable bonds is 5. The van der Waals surface area contributed by atoms with Gasteiger partial charge in [-0.05, 0) is 43.2 Å². The minimum absolute atomic E-state index is 0.152. The van der Waals surface area contributed by atoms with Crippen molar-refractivity contribution in [1.29, 1.82) is 0 Å². The SMILES string of the molecule is Cc1ccc(S(=O)(=O)n2cc(-c3nc(-c4cc([C@]5(O)CCN(C)C5=O)ccc4C)cs3)c3nccnc32)cc1. The Morgan fingerprint density at radius 2 is 1.77 bits per heavy atom. The van der Waals surface area contributed by atoms with E-state index in [9.17, 15) is 18.3 Å². The van der Waals surface area contributed by atoms with E-state index >= 15 is 0 Å². The Morgan fingerprint density at radius 3 is 2.49 bits per heavy atom. The lowest BCUT2D eigenvalue weighted by molar-refractivity contribution is -0.143. The van der Waals surface area contributed by atoms with Crippen molar-refractivity contribution in [2.75, 3.05) is 13.6 Å². The second-order valence-corrected chi connectivity index (χ2v) is 12.5. The normalized spacial score (nSPS) is 17.8. The number of aromatic nitrogens is 4. The van der Waals surface area contributed by atoms with Crippen LogP contribution in [-0.4, -0.2) is 56.8 Å². The number of fused-ring (bicyclic) bond motifs is 1. The molecule has 3 aromatic heterocycles. The highest BCUT2D eigenvalue weighted by Crippen LogP contribution is 2.38. The number of aryl methyl sites for hydroxylation is 2. The second kappa shape index (κ2) is 9.08. The fraction of sp³-hybridized carbons (Fsp3) is 0.214. The van der Waals surface area contributed by atoms with E-state index in [0.29, 0.717) is 40.3 Å². The number of aliphatic hydroxyl groups is 1. The molecular formula is C28H25N5O4S2. The summed E-state index contributed by atoms with van der Waals surface area (Å²) in [6, 6.07) is 12.1. The zero-order valence-corrected chi connectivity index (χ0v) is 23.1. The molecule has 1 fully saturated rings. The van der Waals surface area contributed by atoms with Crippen molar-refractivity contribution in [2.24, 2.45) is 0 Å². The summed E-state index contributed by atoms with van der Waals surface area (Å²) in [6.07, 6.45) is 4.82. The largest absolute Gasteiger partial charge is 0.375 e. The van der Waals surface area contributed by atoms with Crippen LogP contribution in [0.15, 0.2) is 71.3 Å². The van der Waals surface area contributed by atoms with Gasteiger partial charge in [0.15, 0.2) is 11.2 Å². The van der Waals surface area contributed by atoms with Crippen molar-refractivity contribution < 1.29 is 18.3 Å². The third kappa shape index (κ3) is 4.05. The molecule has 5 aromatic rings. The first-order chi connectivity index (χ1) is 18.6. The van der Waals surface area contributed by atoms with Crippen molar-refractivity contribution in [3.8, 4) is 21.8 Å². The van der Waals surface area contributed by atoms with E-state index in [-0.39, 0.29) is 16.4 Å². The third-order valence-corrected chi connectivity index (χ3v) is 9.74. The maximum Gasteiger partial charge on any atom is 0.269 e. The Balaban J connectivity index is 1.44. The lowest BCUT2D eigenvalue weighted by Gasteiger charge is -2.22. The van der Waals surface area contributed by atoms with E-state index in [0.717, 1.165) is 20.7 Å². The van der Waals surface area contributed by atoms with Gasteiger partial charge in [-0.3, -0.25) is 9.78 Å². The molecule has 4 heterocycles. The highest BCUT2D eigenvalue weighted by molar-refractivity contribution is 7.90. The fourth-order valence-electron chi connectivity index (χ4n) is 4.88. The summed E-state index contributed by atoms with van der Waals surface area (Å²) in [5, 5.41) is 13.6. The zero-order chi connectivity index (χ0) is 27.5. The Labute approximate surface area is 229 Å². The van der Waals surface area contributed by atoms with Gasteiger partial charge in [-0.2, -0.15) is 0 Å². The summed E-state index contributed by atoms with van der Waals surface area (Å²) in [6.45, 7) is 4.32. The van der Waals surface area contributed by atoms with E-state index in [1.807, 2.05) is 31.4 Å². The van der Waals surface area contributed by atoms with E-state index in [2.05, 4.69) is 9.97 Å². The van der Waals surface area contributed by atoms with Gasteiger partial charge in [0.1, 0.15) is 10.5 Å². The topological polar surface area (TPSA) is 118 Å². The number of nitrogens with zero attached hydrogens (tertiary/aromatic N) is 5. The molecule has 198 valence electrons. The molecule has 1 atom stereocenters. The van der Waals surface area contributed by atoms with Gasteiger partial charge in [-0.1, -0.05) is 29.8 Å². The lowest BCUT2D eigenvalue weighted by atomic mass is 9.89. The first-order valence-corrected chi connectivity index (χ1v) is 14.6. The summed E-state index contributed by atoms with van der Waals surface area (Å²) in [7, 11) is -2.24. The van der Waals surface area contributed by atoms with Gasteiger partial charge in [0.25, 0.3) is 15.9 Å². The maximum absolute atomic E-state index is 13.5. The van der Waals surface area contributed by atoms with Crippen LogP contribution in [0, 0.1) is 13.8 Å². The Kier molecular flexibility index (Phi) is 5.90. The Bertz CT molecular complexity index is 1860. The average molecular weight is 560 g/mol. The number of hydrogen-bond acceptors (Lipinski definition) is 8. The molecule has 1 aliphatic heterocycles. The molecule has 2 aromatic carbocycles. The monoisotopic (exact) mass is 559 g/mol. The molecule has 11 heteroatoms. The number of amides is 1. The Morgan fingerprint density at radius 1 is 1.03 bits per heavy atom. The first kappa shape index (κ1) is 25.4. The molecule has 1 aliphatic rings. The number of benzene rings is 2.